The minimum absolute atomic E-state index is 0.0299. The summed E-state index contributed by atoms with van der Waals surface area (Å²) in [5.41, 5.74) is 8.26. The number of amides is 4. The molecule has 41 heavy (non-hydrogen) atoms. The predicted octanol–water partition coefficient (Wildman–Crippen LogP) is 3.44. The standard InChI is InChI=1S/C27H25ClFN9O3/c28-20-3-1-2-16(24(20)29)11-33-25(39)21-6-7-35-8-9-36(27(41)38(21)35)23-14-37(26(30)40)22-10-17(4-5-19(22)23)34-18-12-31-15-32-13-18/h1-5,10,12-15,21,34H,6-9,11H2,(H2,30,40)(H,33,39)/t21-/m0/s1. The van der Waals surface area contributed by atoms with Crippen molar-refractivity contribution in [2.75, 3.05) is 29.9 Å². The van der Waals surface area contributed by atoms with E-state index in [-0.39, 0.29) is 17.1 Å². The van der Waals surface area contributed by atoms with Gasteiger partial charge in [-0.15, -0.1) is 0 Å². The Morgan fingerprint density at radius 3 is 2.68 bits per heavy atom. The lowest BCUT2D eigenvalue weighted by atomic mass is 10.1. The number of urea groups is 1. The molecule has 0 bridgehead atoms. The summed E-state index contributed by atoms with van der Waals surface area (Å²) in [6.45, 7) is 1.28. The summed E-state index contributed by atoms with van der Waals surface area (Å²) in [5, 5.41) is 9.79. The van der Waals surface area contributed by atoms with Gasteiger partial charge in [0.1, 0.15) is 18.2 Å². The second-order valence-corrected chi connectivity index (χ2v) is 10.1. The number of nitrogens with zero attached hydrogens (tertiary/aromatic N) is 6. The van der Waals surface area contributed by atoms with Crippen molar-refractivity contribution in [2.24, 2.45) is 5.73 Å². The van der Waals surface area contributed by atoms with E-state index in [9.17, 15) is 18.8 Å². The van der Waals surface area contributed by atoms with E-state index in [2.05, 4.69) is 20.6 Å². The maximum absolute atomic E-state index is 14.3. The van der Waals surface area contributed by atoms with Crippen LogP contribution >= 0.6 is 11.6 Å². The van der Waals surface area contributed by atoms with Crippen LogP contribution in [0.15, 0.2) is 61.3 Å². The van der Waals surface area contributed by atoms with E-state index >= 15 is 0 Å². The first-order valence-corrected chi connectivity index (χ1v) is 13.2. The van der Waals surface area contributed by atoms with E-state index in [0.29, 0.717) is 54.0 Å². The van der Waals surface area contributed by atoms with E-state index in [4.69, 9.17) is 17.3 Å². The number of carbonyl (C=O) groups is 3. The van der Waals surface area contributed by atoms with Crippen LogP contribution in [-0.4, -0.2) is 68.2 Å². The molecule has 2 aliphatic heterocycles. The Labute approximate surface area is 238 Å². The Hall–Kier alpha value is -4.75. The third-order valence-electron chi connectivity index (χ3n) is 7.22. The van der Waals surface area contributed by atoms with Gasteiger partial charge < -0.3 is 16.4 Å². The summed E-state index contributed by atoms with van der Waals surface area (Å²) < 4.78 is 15.6. The number of primary amides is 1. The first kappa shape index (κ1) is 26.5. The number of fused-ring (bicyclic) bond motifs is 2. The maximum Gasteiger partial charge on any atom is 0.339 e. The Morgan fingerprint density at radius 1 is 1.10 bits per heavy atom. The van der Waals surface area contributed by atoms with Crippen LogP contribution < -0.4 is 21.3 Å². The SMILES string of the molecule is NC(=O)n1cc(N2CCN3CC[C@@H](C(=O)NCc4cccc(Cl)c4F)N3C2=O)c2ccc(Nc3cncnc3)cc21. The summed E-state index contributed by atoms with van der Waals surface area (Å²) in [7, 11) is 0. The zero-order valence-electron chi connectivity index (χ0n) is 21.6. The van der Waals surface area contributed by atoms with Crippen molar-refractivity contribution in [1.82, 2.24) is 29.9 Å². The van der Waals surface area contributed by atoms with Crippen LogP contribution in [0.25, 0.3) is 10.9 Å². The van der Waals surface area contributed by atoms with Gasteiger partial charge in [-0.1, -0.05) is 23.7 Å². The summed E-state index contributed by atoms with van der Waals surface area (Å²) in [6, 6.07) is 8.04. The molecule has 6 rings (SSSR count). The fraction of sp³-hybridized carbons (Fsp3) is 0.222. The summed E-state index contributed by atoms with van der Waals surface area (Å²) >= 11 is 5.86. The normalized spacial score (nSPS) is 17.1. The molecule has 210 valence electrons. The fourth-order valence-corrected chi connectivity index (χ4v) is 5.47. The lowest BCUT2D eigenvalue weighted by molar-refractivity contribution is -0.127. The van der Waals surface area contributed by atoms with Crippen molar-refractivity contribution in [2.45, 2.75) is 19.0 Å². The second-order valence-electron chi connectivity index (χ2n) is 9.67. The van der Waals surface area contributed by atoms with Crippen molar-refractivity contribution in [3.63, 3.8) is 0 Å². The number of carbonyl (C=O) groups excluding carboxylic acids is 3. The molecule has 4 heterocycles. The second kappa shape index (κ2) is 10.7. The first-order chi connectivity index (χ1) is 19.8. The summed E-state index contributed by atoms with van der Waals surface area (Å²) in [4.78, 5) is 48.9. The lowest BCUT2D eigenvalue weighted by Gasteiger charge is -2.41. The maximum atomic E-state index is 14.3. The Balaban J connectivity index is 1.25. The van der Waals surface area contributed by atoms with Gasteiger partial charge in [0.25, 0.3) is 0 Å². The van der Waals surface area contributed by atoms with Gasteiger partial charge >= 0.3 is 12.1 Å². The minimum Gasteiger partial charge on any atom is -0.353 e. The molecule has 4 N–H and O–H groups in total. The number of rotatable bonds is 6. The van der Waals surface area contributed by atoms with E-state index < -0.39 is 29.8 Å². The number of hydrazine groups is 1. The number of nitrogens with two attached hydrogens (primary N) is 1. The van der Waals surface area contributed by atoms with Crippen molar-refractivity contribution in [3.8, 4) is 0 Å². The average molecular weight is 578 g/mol. The third-order valence-corrected chi connectivity index (χ3v) is 7.51. The van der Waals surface area contributed by atoms with Gasteiger partial charge in [0, 0.05) is 49.0 Å². The van der Waals surface area contributed by atoms with Crippen LogP contribution in [0.3, 0.4) is 0 Å². The molecule has 4 aromatic rings. The molecule has 0 unspecified atom stereocenters. The molecule has 0 saturated carbocycles. The Bertz CT molecular complexity index is 1660. The molecule has 14 heteroatoms. The quantitative estimate of drug-likeness (QED) is 0.319. The zero-order chi connectivity index (χ0) is 28.7. The highest BCUT2D eigenvalue weighted by Crippen LogP contribution is 2.35. The third kappa shape index (κ3) is 4.89. The van der Waals surface area contributed by atoms with Crippen LogP contribution in [0, 0.1) is 5.82 Å². The minimum atomic E-state index is -0.777. The predicted molar refractivity (Wildman–Crippen MR) is 150 cm³/mol. The van der Waals surface area contributed by atoms with Crippen LogP contribution in [-0.2, 0) is 11.3 Å². The van der Waals surface area contributed by atoms with Gasteiger partial charge in [-0.3, -0.25) is 14.3 Å². The molecule has 0 radical (unpaired) electrons. The number of benzene rings is 2. The van der Waals surface area contributed by atoms with Gasteiger partial charge in [0.15, 0.2) is 0 Å². The number of hydrogen-bond acceptors (Lipinski definition) is 7. The molecule has 2 saturated heterocycles. The van der Waals surface area contributed by atoms with Gasteiger partial charge in [0.2, 0.25) is 5.91 Å². The molecular formula is C27H25ClFN9O3. The Kier molecular flexibility index (Phi) is 6.89. The monoisotopic (exact) mass is 577 g/mol. The molecule has 2 fully saturated rings. The summed E-state index contributed by atoms with van der Waals surface area (Å²) in [6.07, 6.45) is 6.60. The van der Waals surface area contributed by atoms with Crippen LogP contribution in [0.1, 0.15) is 12.0 Å². The van der Waals surface area contributed by atoms with Crippen LogP contribution in [0.4, 0.5) is 31.0 Å². The van der Waals surface area contributed by atoms with Crippen molar-refractivity contribution < 1.29 is 18.8 Å². The van der Waals surface area contributed by atoms with E-state index in [1.54, 1.807) is 41.6 Å². The van der Waals surface area contributed by atoms with E-state index in [1.165, 1.54) is 28.2 Å². The van der Waals surface area contributed by atoms with Crippen molar-refractivity contribution in [1.29, 1.82) is 0 Å². The van der Waals surface area contributed by atoms with Crippen LogP contribution in [0.5, 0.6) is 0 Å². The number of aromatic nitrogens is 3. The molecule has 2 aromatic carbocycles. The van der Waals surface area contributed by atoms with Crippen LogP contribution in [0.2, 0.25) is 5.02 Å². The van der Waals surface area contributed by atoms with E-state index in [1.807, 2.05) is 11.1 Å². The van der Waals surface area contributed by atoms with Gasteiger partial charge in [-0.05, 0) is 30.7 Å². The van der Waals surface area contributed by atoms with Gasteiger partial charge in [-0.2, -0.15) is 0 Å². The van der Waals surface area contributed by atoms with Crippen molar-refractivity contribution in [3.05, 3.63) is 77.7 Å². The smallest absolute Gasteiger partial charge is 0.339 e. The first-order valence-electron chi connectivity index (χ1n) is 12.8. The Morgan fingerprint density at radius 2 is 1.90 bits per heavy atom. The highest BCUT2D eigenvalue weighted by Gasteiger charge is 2.45. The molecule has 0 spiro atoms. The summed E-state index contributed by atoms with van der Waals surface area (Å²) in [5.74, 6) is -0.994. The van der Waals surface area contributed by atoms with Crippen molar-refractivity contribution >= 4 is 57.5 Å². The number of hydrogen-bond donors (Lipinski definition) is 3. The molecule has 2 aromatic heterocycles. The number of nitrogens with one attached hydrogen (secondary N) is 2. The topological polar surface area (TPSA) is 142 Å². The van der Waals surface area contributed by atoms with Gasteiger partial charge in [0.05, 0.1) is 34.3 Å². The molecule has 12 nitrogen and oxygen atoms in total. The lowest BCUT2D eigenvalue weighted by Crippen LogP contribution is -2.61. The van der Waals surface area contributed by atoms with E-state index in [0.717, 1.165) is 0 Å². The largest absolute Gasteiger partial charge is 0.353 e. The number of halogens is 2. The van der Waals surface area contributed by atoms with Gasteiger partial charge in [-0.25, -0.2) is 34.0 Å². The molecule has 2 aliphatic rings. The fourth-order valence-electron chi connectivity index (χ4n) is 5.27. The zero-order valence-corrected chi connectivity index (χ0v) is 22.4. The molecule has 4 amide bonds. The average Bonchev–Trinajstić information content (AvgIpc) is 3.57. The number of anilines is 3. The highest BCUT2D eigenvalue weighted by molar-refractivity contribution is 6.30. The molecule has 1 atom stereocenters. The molecule has 0 aliphatic carbocycles. The molecular weight excluding hydrogens is 553 g/mol. The highest BCUT2D eigenvalue weighted by atomic mass is 35.5.